The van der Waals surface area contributed by atoms with Crippen molar-refractivity contribution in [2.45, 2.75) is 13.0 Å². The molecule has 0 heterocycles. The molecule has 0 aliphatic rings. The van der Waals surface area contributed by atoms with E-state index in [0.717, 1.165) is 15.6 Å². The molecule has 2 rings (SSSR count). The van der Waals surface area contributed by atoms with Crippen molar-refractivity contribution in [1.29, 1.82) is 0 Å². The minimum Gasteiger partial charge on any atom is -0.309 e. The number of nitrogens with one attached hydrogen (secondary N) is 1. The lowest BCUT2D eigenvalue weighted by Crippen LogP contribution is -2.19. The van der Waals surface area contributed by atoms with Crippen molar-refractivity contribution in [2.75, 3.05) is 7.05 Å². The van der Waals surface area contributed by atoms with Gasteiger partial charge in [-0.2, -0.15) is 0 Å². The van der Waals surface area contributed by atoms with Crippen LogP contribution in [0.2, 0.25) is 5.02 Å². The average molecular weight is 343 g/mol. The molecule has 1 nitrogen and oxygen atoms in total. The molecule has 4 heteroatoms. The highest BCUT2D eigenvalue weighted by atomic mass is 79.9. The van der Waals surface area contributed by atoms with Gasteiger partial charge in [-0.25, -0.2) is 4.39 Å². The molecule has 1 N–H and O–H groups in total. The highest BCUT2D eigenvalue weighted by Gasteiger charge is 2.18. The summed E-state index contributed by atoms with van der Waals surface area (Å²) in [5.41, 5.74) is 2.48. The fraction of sp³-hybridized carbons (Fsp3) is 0.200. The molecular formula is C15H14BrClFN. The van der Waals surface area contributed by atoms with Crippen LogP contribution in [0.15, 0.2) is 40.9 Å². The molecule has 0 aliphatic heterocycles. The Balaban J connectivity index is 2.52. The summed E-state index contributed by atoms with van der Waals surface area (Å²) in [5, 5.41) is 3.73. The van der Waals surface area contributed by atoms with Gasteiger partial charge in [0.05, 0.1) is 6.04 Å². The van der Waals surface area contributed by atoms with Gasteiger partial charge in [0.15, 0.2) is 0 Å². The number of hydrogen-bond donors (Lipinski definition) is 1. The van der Waals surface area contributed by atoms with Crippen LogP contribution < -0.4 is 5.32 Å². The largest absolute Gasteiger partial charge is 0.309 e. The van der Waals surface area contributed by atoms with Crippen LogP contribution in [-0.4, -0.2) is 7.05 Å². The molecule has 0 radical (unpaired) electrons. The predicted molar refractivity (Wildman–Crippen MR) is 81.2 cm³/mol. The first kappa shape index (κ1) is 14.5. The number of hydrogen-bond acceptors (Lipinski definition) is 1. The second-order valence-corrected chi connectivity index (χ2v) is 5.74. The van der Waals surface area contributed by atoms with Crippen molar-refractivity contribution in [3.63, 3.8) is 0 Å². The summed E-state index contributed by atoms with van der Waals surface area (Å²) in [6, 6.07) is 10.4. The summed E-state index contributed by atoms with van der Waals surface area (Å²) in [6.07, 6.45) is 0. The van der Waals surface area contributed by atoms with E-state index in [0.29, 0.717) is 10.6 Å². The van der Waals surface area contributed by atoms with Gasteiger partial charge in [0.2, 0.25) is 0 Å². The average Bonchev–Trinajstić information content (AvgIpc) is 2.36. The van der Waals surface area contributed by atoms with Crippen LogP contribution in [0.25, 0.3) is 0 Å². The van der Waals surface area contributed by atoms with E-state index >= 15 is 0 Å². The summed E-state index contributed by atoms with van der Waals surface area (Å²) >= 11 is 9.62. The molecule has 2 aromatic rings. The predicted octanol–water partition coefficient (Wildman–Crippen LogP) is 4.86. The first-order chi connectivity index (χ1) is 9.02. The minimum absolute atomic E-state index is 0.232. The Morgan fingerprint density at radius 3 is 2.53 bits per heavy atom. The third-order valence-electron chi connectivity index (χ3n) is 3.02. The van der Waals surface area contributed by atoms with Gasteiger partial charge in [0.1, 0.15) is 5.82 Å². The molecule has 0 saturated heterocycles. The van der Waals surface area contributed by atoms with Crippen LogP contribution in [0.5, 0.6) is 0 Å². The summed E-state index contributed by atoms with van der Waals surface area (Å²) in [5.74, 6) is -0.232. The zero-order chi connectivity index (χ0) is 14.0. The Morgan fingerprint density at radius 2 is 1.89 bits per heavy atom. The topological polar surface area (TPSA) is 12.0 Å². The van der Waals surface area contributed by atoms with Crippen molar-refractivity contribution >= 4 is 27.5 Å². The van der Waals surface area contributed by atoms with Crippen molar-refractivity contribution in [1.82, 2.24) is 5.32 Å². The molecule has 0 saturated carbocycles. The maximum atomic E-state index is 14.0. The lowest BCUT2D eigenvalue weighted by atomic mass is 9.97. The quantitative estimate of drug-likeness (QED) is 0.840. The van der Waals surface area contributed by atoms with Crippen molar-refractivity contribution in [3.05, 3.63) is 68.4 Å². The van der Waals surface area contributed by atoms with Crippen molar-refractivity contribution in [3.8, 4) is 0 Å². The standard InChI is InChI=1S/C15H14BrClFN/c1-9-3-6-14(18)12(7-9)15(19-2)11-5-4-10(16)8-13(11)17/h3-8,15,19H,1-2H3. The molecule has 0 bridgehead atoms. The lowest BCUT2D eigenvalue weighted by Gasteiger charge is -2.20. The highest BCUT2D eigenvalue weighted by Crippen LogP contribution is 2.31. The van der Waals surface area contributed by atoms with Crippen LogP contribution in [0.4, 0.5) is 4.39 Å². The molecule has 19 heavy (non-hydrogen) atoms. The molecule has 2 aromatic carbocycles. The van der Waals surface area contributed by atoms with Crippen LogP contribution in [0.1, 0.15) is 22.7 Å². The Bertz CT molecular complexity index is 601. The van der Waals surface area contributed by atoms with Crippen LogP contribution in [-0.2, 0) is 0 Å². The summed E-state index contributed by atoms with van der Waals surface area (Å²) < 4.78 is 14.9. The highest BCUT2D eigenvalue weighted by molar-refractivity contribution is 9.10. The Morgan fingerprint density at radius 1 is 1.16 bits per heavy atom. The molecule has 0 aliphatic carbocycles. The Labute approximate surface area is 125 Å². The van der Waals surface area contributed by atoms with Crippen molar-refractivity contribution < 1.29 is 4.39 Å². The smallest absolute Gasteiger partial charge is 0.128 e. The summed E-state index contributed by atoms with van der Waals surface area (Å²) in [6.45, 7) is 1.94. The van der Waals surface area contributed by atoms with E-state index in [4.69, 9.17) is 11.6 Å². The molecule has 0 fully saturated rings. The van der Waals surface area contributed by atoms with Gasteiger partial charge >= 0.3 is 0 Å². The maximum absolute atomic E-state index is 14.0. The third kappa shape index (κ3) is 3.16. The van der Waals surface area contributed by atoms with Crippen molar-refractivity contribution in [2.24, 2.45) is 0 Å². The zero-order valence-corrected chi connectivity index (χ0v) is 13.0. The number of halogens is 3. The van der Waals surface area contributed by atoms with Gasteiger partial charge in [0.25, 0.3) is 0 Å². The summed E-state index contributed by atoms with van der Waals surface area (Å²) in [4.78, 5) is 0. The van der Waals surface area contributed by atoms with Gasteiger partial charge in [-0.15, -0.1) is 0 Å². The van der Waals surface area contributed by atoms with Gasteiger partial charge < -0.3 is 5.32 Å². The molecule has 0 aromatic heterocycles. The first-order valence-electron chi connectivity index (χ1n) is 5.91. The monoisotopic (exact) mass is 341 g/mol. The Kier molecular flexibility index (Phi) is 4.61. The Hall–Kier alpha value is -0.900. The van der Waals surface area contributed by atoms with Crippen LogP contribution in [0, 0.1) is 12.7 Å². The molecule has 100 valence electrons. The second kappa shape index (κ2) is 6.04. The van der Waals surface area contributed by atoms with Crippen LogP contribution in [0.3, 0.4) is 0 Å². The van der Waals surface area contributed by atoms with E-state index in [9.17, 15) is 4.39 Å². The lowest BCUT2D eigenvalue weighted by molar-refractivity contribution is 0.575. The zero-order valence-electron chi connectivity index (χ0n) is 10.7. The molecule has 0 spiro atoms. The second-order valence-electron chi connectivity index (χ2n) is 4.41. The minimum atomic E-state index is -0.263. The van der Waals surface area contributed by atoms with E-state index in [1.165, 1.54) is 6.07 Å². The van der Waals surface area contributed by atoms with Gasteiger partial charge in [0, 0.05) is 15.1 Å². The number of aryl methyl sites for hydroxylation is 1. The molecule has 0 amide bonds. The van der Waals surface area contributed by atoms with E-state index in [1.54, 1.807) is 13.1 Å². The maximum Gasteiger partial charge on any atom is 0.128 e. The third-order valence-corrected chi connectivity index (χ3v) is 3.85. The summed E-state index contributed by atoms with van der Waals surface area (Å²) in [7, 11) is 1.80. The van der Waals surface area contributed by atoms with E-state index in [1.807, 2.05) is 31.2 Å². The number of rotatable bonds is 3. The van der Waals surface area contributed by atoms with Gasteiger partial charge in [-0.1, -0.05) is 51.3 Å². The first-order valence-corrected chi connectivity index (χ1v) is 7.08. The fourth-order valence-electron chi connectivity index (χ4n) is 2.10. The van der Waals surface area contributed by atoms with Gasteiger partial charge in [-0.3, -0.25) is 0 Å². The normalized spacial score (nSPS) is 12.5. The van der Waals surface area contributed by atoms with Crippen LogP contribution >= 0.6 is 27.5 Å². The molecule has 1 unspecified atom stereocenters. The fourth-order valence-corrected chi connectivity index (χ4v) is 2.88. The molecular weight excluding hydrogens is 329 g/mol. The number of benzene rings is 2. The van der Waals surface area contributed by atoms with Gasteiger partial charge in [-0.05, 0) is 37.7 Å². The SMILES string of the molecule is CNC(c1cc(C)ccc1F)c1ccc(Br)cc1Cl. The van der Waals surface area contributed by atoms with E-state index in [-0.39, 0.29) is 11.9 Å². The van der Waals surface area contributed by atoms with E-state index in [2.05, 4.69) is 21.2 Å². The van der Waals surface area contributed by atoms with E-state index < -0.39 is 0 Å². The molecule has 1 atom stereocenters.